The largest absolute Gasteiger partial charge is 0.486 e. The maximum absolute atomic E-state index is 12.3. The van der Waals surface area contributed by atoms with Crippen molar-refractivity contribution in [2.45, 2.75) is 19.4 Å². The van der Waals surface area contributed by atoms with E-state index in [1.165, 1.54) is 11.9 Å². The normalized spacial score (nSPS) is 18.2. The first-order valence-corrected chi connectivity index (χ1v) is 9.64. The van der Waals surface area contributed by atoms with E-state index < -0.39 is 0 Å². The smallest absolute Gasteiger partial charge is 0.240 e. The summed E-state index contributed by atoms with van der Waals surface area (Å²) in [5, 5.41) is 11.6. The molecule has 0 bridgehead atoms. The van der Waals surface area contributed by atoms with Crippen LogP contribution in [-0.2, 0) is 11.8 Å². The van der Waals surface area contributed by atoms with E-state index >= 15 is 0 Å². The van der Waals surface area contributed by atoms with Crippen molar-refractivity contribution in [3.8, 4) is 11.5 Å². The van der Waals surface area contributed by atoms with E-state index in [0.29, 0.717) is 41.8 Å². The zero-order valence-corrected chi connectivity index (χ0v) is 16.7. The standard InChI is InChI=1S/C20H18ClN5O3/c1-11(27)26-17(9-16(24-26)14-3-4-25(2)23-14)13-7-12-8-18-19(29-6-5-28-18)10-15(12)22-20(13)21/h3-4,7-8,10,17H,5-6,9H2,1-2H3/t17-/m0/s1. The van der Waals surface area contributed by atoms with Gasteiger partial charge in [-0.15, -0.1) is 0 Å². The van der Waals surface area contributed by atoms with Gasteiger partial charge >= 0.3 is 0 Å². The number of carbonyl (C=O) groups excluding carboxylic acids is 1. The van der Waals surface area contributed by atoms with Crippen molar-refractivity contribution in [2.75, 3.05) is 13.2 Å². The van der Waals surface area contributed by atoms with E-state index in [1.54, 1.807) is 4.68 Å². The Hall–Kier alpha value is -3.13. The van der Waals surface area contributed by atoms with E-state index in [9.17, 15) is 4.79 Å². The van der Waals surface area contributed by atoms with Crippen molar-refractivity contribution < 1.29 is 14.3 Å². The van der Waals surface area contributed by atoms with Gasteiger partial charge in [-0.05, 0) is 18.2 Å². The lowest BCUT2D eigenvalue weighted by atomic mass is 10.0. The van der Waals surface area contributed by atoms with E-state index in [1.807, 2.05) is 37.5 Å². The molecule has 1 amide bonds. The topological polar surface area (TPSA) is 81.8 Å². The lowest BCUT2D eigenvalue weighted by molar-refractivity contribution is -0.130. The third kappa shape index (κ3) is 3.09. The Labute approximate surface area is 171 Å². The molecule has 0 spiro atoms. The highest BCUT2D eigenvalue weighted by atomic mass is 35.5. The van der Waals surface area contributed by atoms with Crippen LogP contribution in [-0.4, -0.2) is 44.6 Å². The predicted molar refractivity (Wildman–Crippen MR) is 107 cm³/mol. The molecular formula is C20H18ClN5O3. The second-order valence-electron chi connectivity index (χ2n) is 7.06. The van der Waals surface area contributed by atoms with Crippen LogP contribution in [0, 0.1) is 0 Å². The van der Waals surface area contributed by atoms with Gasteiger partial charge in [0.05, 0.1) is 17.3 Å². The number of benzene rings is 1. The third-order valence-electron chi connectivity index (χ3n) is 5.06. The van der Waals surface area contributed by atoms with Crippen LogP contribution in [0.2, 0.25) is 5.15 Å². The Morgan fingerprint density at radius 1 is 1.21 bits per heavy atom. The molecule has 2 aliphatic rings. The van der Waals surface area contributed by atoms with Crippen molar-refractivity contribution in [2.24, 2.45) is 12.1 Å². The lowest BCUT2D eigenvalue weighted by Gasteiger charge is -2.22. The van der Waals surface area contributed by atoms with Crippen molar-refractivity contribution in [3.63, 3.8) is 0 Å². The predicted octanol–water partition coefficient (Wildman–Crippen LogP) is 3.09. The van der Waals surface area contributed by atoms with Gasteiger partial charge in [0.15, 0.2) is 11.5 Å². The SMILES string of the molecule is CC(=O)N1N=C(c2ccn(C)n2)C[C@H]1c1cc2cc3c(cc2nc1Cl)OCCO3. The number of hydrogen-bond donors (Lipinski definition) is 0. The summed E-state index contributed by atoms with van der Waals surface area (Å²) in [4.78, 5) is 16.8. The molecule has 29 heavy (non-hydrogen) atoms. The average molecular weight is 412 g/mol. The molecule has 5 rings (SSSR count). The number of aromatic nitrogens is 3. The summed E-state index contributed by atoms with van der Waals surface area (Å²) >= 11 is 6.54. The molecule has 0 saturated carbocycles. The van der Waals surface area contributed by atoms with E-state index in [0.717, 1.165) is 22.4 Å². The molecule has 9 heteroatoms. The average Bonchev–Trinajstić information content (AvgIpc) is 3.32. The van der Waals surface area contributed by atoms with Crippen LogP contribution in [0.15, 0.2) is 35.6 Å². The molecule has 0 unspecified atom stereocenters. The van der Waals surface area contributed by atoms with Crippen LogP contribution in [0.3, 0.4) is 0 Å². The lowest BCUT2D eigenvalue weighted by Crippen LogP contribution is -2.24. The summed E-state index contributed by atoms with van der Waals surface area (Å²) in [7, 11) is 1.84. The number of carbonyl (C=O) groups is 1. The van der Waals surface area contributed by atoms with Gasteiger partial charge in [-0.25, -0.2) is 9.99 Å². The molecule has 0 saturated heterocycles. The Balaban J connectivity index is 1.56. The number of hydrazone groups is 1. The first kappa shape index (κ1) is 17.9. The van der Waals surface area contributed by atoms with Crippen molar-refractivity contribution in [1.82, 2.24) is 19.8 Å². The number of halogens is 1. The van der Waals surface area contributed by atoms with Crippen molar-refractivity contribution >= 4 is 34.1 Å². The molecular weight excluding hydrogens is 394 g/mol. The zero-order chi connectivity index (χ0) is 20.1. The van der Waals surface area contributed by atoms with Gasteiger partial charge < -0.3 is 9.47 Å². The van der Waals surface area contributed by atoms with Gasteiger partial charge in [0.25, 0.3) is 0 Å². The molecule has 8 nitrogen and oxygen atoms in total. The van der Waals surface area contributed by atoms with E-state index in [2.05, 4.69) is 15.2 Å². The molecule has 3 aromatic rings. The van der Waals surface area contributed by atoms with Gasteiger partial charge in [-0.2, -0.15) is 10.2 Å². The highest BCUT2D eigenvalue weighted by Crippen LogP contribution is 2.39. The fourth-order valence-corrected chi connectivity index (χ4v) is 3.98. The number of nitrogens with zero attached hydrogens (tertiary/aromatic N) is 5. The second kappa shape index (κ2) is 6.73. The maximum Gasteiger partial charge on any atom is 0.240 e. The van der Waals surface area contributed by atoms with E-state index in [-0.39, 0.29) is 11.9 Å². The number of fused-ring (bicyclic) bond motifs is 2. The number of pyridine rings is 1. The van der Waals surface area contributed by atoms with Gasteiger partial charge in [-0.3, -0.25) is 9.48 Å². The Kier molecular flexibility index (Phi) is 4.16. The highest BCUT2D eigenvalue weighted by molar-refractivity contribution is 6.30. The highest BCUT2D eigenvalue weighted by Gasteiger charge is 2.34. The zero-order valence-electron chi connectivity index (χ0n) is 15.9. The summed E-state index contributed by atoms with van der Waals surface area (Å²) in [5.74, 6) is 1.17. The third-order valence-corrected chi connectivity index (χ3v) is 5.36. The molecule has 0 aliphatic carbocycles. The van der Waals surface area contributed by atoms with Crippen LogP contribution in [0.4, 0.5) is 0 Å². The molecule has 148 valence electrons. The number of aryl methyl sites for hydroxylation is 1. The number of rotatable bonds is 2. The number of ether oxygens (including phenoxy) is 2. The fraction of sp³-hybridized carbons (Fsp3) is 0.300. The first-order chi connectivity index (χ1) is 14.0. The summed E-state index contributed by atoms with van der Waals surface area (Å²) in [5.41, 5.74) is 2.93. The second-order valence-corrected chi connectivity index (χ2v) is 7.42. The number of amides is 1. The Morgan fingerprint density at radius 3 is 2.66 bits per heavy atom. The van der Waals surface area contributed by atoms with Gasteiger partial charge in [0.1, 0.15) is 24.1 Å². The minimum Gasteiger partial charge on any atom is -0.486 e. The van der Waals surface area contributed by atoms with Crippen molar-refractivity contribution in [1.29, 1.82) is 0 Å². The molecule has 1 atom stereocenters. The van der Waals surface area contributed by atoms with Crippen LogP contribution in [0.1, 0.15) is 30.6 Å². The van der Waals surface area contributed by atoms with Crippen molar-refractivity contribution in [3.05, 3.63) is 46.9 Å². The van der Waals surface area contributed by atoms with Gasteiger partial charge in [0, 0.05) is 43.6 Å². The molecule has 0 fully saturated rings. The van der Waals surface area contributed by atoms with Gasteiger partial charge in [-0.1, -0.05) is 11.6 Å². The summed E-state index contributed by atoms with van der Waals surface area (Å²) in [6.45, 7) is 2.50. The van der Waals surface area contributed by atoms with Crippen LogP contribution >= 0.6 is 11.6 Å². The fourth-order valence-electron chi connectivity index (χ4n) is 3.70. The Bertz CT molecular complexity index is 1170. The molecule has 2 aromatic heterocycles. The molecule has 2 aliphatic heterocycles. The monoisotopic (exact) mass is 411 g/mol. The molecule has 0 radical (unpaired) electrons. The minimum atomic E-state index is -0.345. The van der Waals surface area contributed by atoms with E-state index in [4.69, 9.17) is 21.1 Å². The first-order valence-electron chi connectivity index (χ1n) is 9.26. The molecule has 1 aromatic carbocycles. The maximum atomic E-state index is 12.3. The molecule has 0 N–H and O–H groups in total. The minimum absolute atomic E-state index is 0.167. The number of hydrogen-bond acceptors (Lipinski definition) is 6. The van der Waals surface area contributed by atoms with Crippen LogP contribution < -0.4 is 9.47 Å². The van der Waals surface area contributed by atoms with Gasteiger partial charge in [0.2, 0.25) is 5.91 Å². The Morgan fingerprint density at radius 2 is 1.97 bits per heavy atom. The summed E-state index contributed by atoms with van der Waals surface area (Å²) < 4.78 is 13.0. The summed E-state index contributed by atoms with van der Waals surface area (Å²) in [6, 6.07) is 7.20. The van der Waals surface area contributed by atoms with Crippen LogP contribution in [0.25, 0.3) is 10.9 Å². The summed E-state index contributed by atoms with van der Waals surface area (Å²) in [6.07, 6.45) is 2.35. The molecule has 4 heterocycles. The van der Waals surface area contributed by atoms with Crippen LogP contribution in [0.5, 0.6) is 11.5 Å². The quantitative estimate of drug-likeness (QED) is 0.605.